The van der Waals surface area contributed by atoms with Crippen molar-refractivity contribution in [3.63, 3.8) is 0 Å². The maximum Gasteiger partial charge on any atom is 0.306 e. The second-order valence-electron chi connectivity index (χ2n) is 10.3. The Balaban J connectivity index is 1.79. The van der Waals surface area contributed by atoms with Gasteiger partial charge in [-0.2, -0.15) is 0 Å². The summed E-state index contributed by atoms with van der Waals surface area (Å²) in [6, 6.07) is 0. The molecule has 1 aliphatic carbocycles. The lowest BCUT2D eigenvalue weighted by Crippen LogP contribution is -2.36. The van der Waals surface area contributed by atoms with Gasteiger partial charge in [-0.3, -0.25) is 4.79 Å². The van der Waals surface area contributed by atoms with E-state index in [1.165, 1.54) is 109 Å². The average molecular weight is 447 g/mol. The maximum atomic E-state index is 12.2. The molecule has 0 saturated carbocycles. The lowest BCUT2D eigenvalue weighted by Gasteiger charge is -2.32. The minimum absolute atomic E-state index is 0.0497. The Morgan fingerprint density at radius 2 is 1.09 bits per heavy atom. The number of carbonyl (C=O) groups excluding carboxylic acids is 1. The lowest BCUT2D eigenvalue weighted by molar-refractivity contribution is -0.156. The van der Waals surface area contributed by atoms with E-state index in [0.29, 0.717) is 6.42 Å². The molecule has 0 amide bonds. The number of rotatable bonds is 21. The van der Waals surface area contributed by atoms with Gasteiger partial charge < -0.3 is 4.74 Å². The quantitative estimate of drug-likeness (QED) is 0.129. The van der Waals surface area contributed by atoms with Crippen LogP contribution in [-0.4, -0.2) is 11.6 Å². The van der Waals surface area contributed by atoms with E-state index in [2.05, 4.69) is 19.9 Å². The third-order valence-electron chi connectivity index (χ3n) is 7.16. The topological polar surface area (TPSA) is 26.3 Å². The van der Waals surface area contributed by atoms with Crippen molar-refractivity contribution >= 4 is 5.97 Å². The van der Waals surface area contributed by atoms with Gasteiger partial charge in [-0.25, -0.2) is 0 Å². The third-order valence-corrected chi connectivity index (χ3v) is 7.16. The van der Waals surface area contributed by atoms with Crippen molar-refractivity contribution in [2.75, 3.05) is 0 Å². The molecule has 1 aliphatic rings. The molecule has 0 saturated heterocycles. The summed E-state index contributed by atoms with van der Waals surface area (Å²) in [5, 5.41) is 0. The third kappa shape index (κ3) is 14.9. The smallest absolute Gasteiger partial charge is 0.306 e. The molecule has 0 aromatic carbocycles. The Kier molecular flexibility index (Phi) is 17.6. The molecular weight excluding hydrogens is 392 g/mol. The van der Waals surface area contributed by atoms with Crippen molar-refractivity contribution in [2.45, 2.75) is 155 Å². The fraction of sp³-hybridized carbons (Fsp3) is 0.833. The van der Waals surface area contributed by atoms with Crippen LogP contribution < -0.4 is 0 Å². The number of hydrogen-bond acceptors (Lipinski definition) is 2. The molecule has 2 atom stereocenters. The van der Waals surface area contributed by atoms with Crippen molar-refractivity contribution in [1.29, 1.82) is 0 Å². The van der Waals surface area contributed by atoms with Gasteiger partial charge in [-0.15, -0.1) is 0 Å². The molecule has 0 N–H and O–H groups in total. The highest BCUT2D eigenvalue weighted by Gasteiger charge is 2.32. The summed E-state index contributed by atoms with van der Waals surface area (Å²) >= 11 is 0. The van der Waals surface area contributed by atoms with E-state index in [1.54, 1.807) is 0 Å². The largest absolute Gasteiger partial charge is 0.454 e. The molecule has 0 spiro atoms. The van der Waals surface area contributed by atoms with E-state index >= 15 is 0 Å². The van der Waals surface area contributed by atoms with Crippen LogP contribution in [0, 0.1) is 5.92 Å². The van der Waals surface area contributed by atoms with Crippen molar-refractivity contribution in [1.82, 2.24) is 0 Å². The van der Waals surface area contributed by atoms with E-state index in [1.807, 2.05) is 25.2 Å². The molecule has 1 rings (SSSR count). The van der Waals surface area contributed by atoms with E-state index in [4.69, 9.17) is 4.74 Å². The van der Waals surface area contributed by atoms with Gasteiger partial charge >= 0.3 is 5.97 Å². The maximum absolute atomic E-state index is 12.2. The van der Waals surface area contributed by atoms with Crippen LogP contribution >= 0.6 is 0 Å². The van der Waals surface area contributed by atoms with Crippen molar-refractivity contribution in [3.8, 4) is 0 Å². The Morgan fingerprint density at radius 3 is 1.50 bits per heavy atom. The molecule has 2 unspecified atom stereocenters. The molecule has 0 fully saturated rings. The van der Waals surface area contributed by atoms with Gasteiger partial charge in [0.2, 0.25) is 0 Å². The van der Waals surface area contributed by atoms with Crippen molar-refractivity contribution in [3.05, 3.63) is 24.3 Å². The molecule has 2 nitrogen and oxygen atoms in total. The molecule has 0 aromatic rings. The summed E-state index contributed by atoms with van der Waals surface area (Å²) < 4.78 is 5.75. The highest BCUT2D eigenvalue weighted by Crippen LogP contribution is 2.28. The van der Waals surface area contributed by atoms with E-state index in [-0.39, 0.29) is 11.9 Å². The first-order valence-corrected chi connectivity index (χ1v) is 14.2. The van der Waals surface area contributed by atoms with E-state index in [9.17, 15) is 4.79 Å². The molecule has 0 bridgehead atoms. The molecule has 2 heteroatoms. The normalized spacial score (nSPS) is 20.0. The number of allylic oxidation sites excluding steroid dienone is 2. The molecule has 32 heavy (non-hydrogen) atoms. The SMILES string of the molecule is CCCCCCCCCCCCCCCCCCCCCC(=O)OC1(C)C=CC=CC1C. The number of carbonyl (C=O) groups is 1. The summed E-state index contributed by atoms with van der Waals surface area (Å²) in [7, 11) is 0. The minimum Gasteiger partial charge on any atom is -0.454 e. The Labute approximate surface area is 200 Å². The van der Waals surface area contributed by atoms with Crippen LogP contribution in [0.1, 0.15) is 149 Å². The predicted molar refractivity (Wildman–Crippen MR) is 140 cm³/mol. The van der Waals surface area contributed by atoms with Crippen LogP contribution in [0.15, 0.2) is 24.3 Å². The number of unbranched alkanes of at least 4 members (excludes halogenated alkanes) is 18. The van der Waals surface area contributed by atoms with Crippen LogP contribution in [-0.2, 0) is 9.53 Å². The zero-order valence-electron chi connectivity index (χ0n) is 21.8. The van der Waals surface area contributed by atoms with Crippen molar-refractivity contribution < 1.29 is 9.53 Å². The highest BCUT2D eigenvalue weighted by molar-refractivity contribution is 5.70. The number of hydrogen-bond donors (Lipinski definition) is 0. The first-order chi connectivity index (χ1) is 15.6. The number of ether oxygens (including phenoxy) is 1. The van der Waals surface area contributed by atoms with Gasteiger partial charge in [0, 0.05) is 12.3 Å². The standard InChI is InChI=1S/C30H54O2/c1-4-5-6-7-8-9-10-11-12-13-14-15-16-17-18-19-20-21-22-26-29(31)32-30(3)27-24-23-25-28(30)2/h23-25,27-28H,4-22,26H2,1-3H3. The van der Waals surface area contributed by atoms with Gasteiger partial charge in [0.15, 0.2) is 0 Å². The average Bonchev–Trinajstić information content (AvgIpc) is 2.77. The summed E-state index contributed by atoms with van der Waals surface area (Å²) in [4.78, 5) is 12.2. The van der Waals surface area contributed by atoms with Crippen LogP contribution in [0.2, 0.25) is 0 Å². The van der Waals surface area contributed by atoms with Crippen LogP contribution in [0.4, 0.5) is 0 Å². The molecule has 0 radical (unpaired) electrons. The summed E-state index contributed by atoms with van der Waals surface area (Å²) in [5.41, 5.74) is -0.473. The Bertz CT molecular complexity index is 507. The molecule has 0 aromatic heterocycles. The second kappa shape index (κ2) is 19.4. The van der Waals surface area contributed by atoms with Gasteiger partial charge in [0.25, 0.3) is 0 Å². The molecule has 186 valence electrons. The fourth-order valence-corrected chi connectivity index (χ4v) is 4.59. The second-order valence-corrected chi connectivity index (χ2v) is 10.3. The zero-order chi connectivity index (χ0) is 23.3. The predicted octanol–water partition coefficient (Wildman–Crippen LogP) is 9.87. The summed E-state index contributed by atoms with van der Waals surface area (Å²) in [6.07, 6.45) is 34.7. The fourth-order valence-electron chi connectivity index (χ4n) is 4.59. The van der Waals surface area contributed by atoms with E-state index < -0.39 is 5.60 Å². The Morgan fingerprint density at radius 1 is 0.688 bits per heavy atom. The minimum atomic E-state index is -0.473. The molecule has 0 aliphatic heterocycles. The highest BCUT2D eigenvalue weighted by atomic mass is 16.6. The molecular formula is C30H54O2. The van der Waals surface area contributed by atoms with Gasteiger partial charge in [0.1, 0.15) is 5.60 Å². The molecule has 0 heterocycles. The van der Waals surface area contributed by atoms with Gasteiger partial charge in [-0.1, -0.05) is 148 Å². The summed E-state index contributed by atoms with van der Waals surface area (Å²) in [5.74, 6) is 0.188. The van der Waals surface area contributed by atoms with Crippen molar-refractivity contribution in [2.24, 2.45) is 5.92 Å². The van der Waals surface area contributed by atoms with E-state index in [0.717, 1.165) is 12.8 Å². The van der Waals surface area contributed by atoms with Crippen LogP contribution in [0.3, 0.4) is 0 Å². The number of esters is 1. The lowest BCUT2D eigenvalue weighted by atomic mass is 9.87. The summed E-state index contributed by atoms with van der Waals surface area (Å²) in [6.45, 7) is 6.40. The monoisotopic (exact) mass is 446 g/mol. The van der Waals surface area contributed by atoms with Crippen LogP contribution in [0.25, 0.3) is 0 Å². The zero-order valence-corrected chi connectivity index (χ0v) is 21.8. The van der Waals surface area contributed by atoms with Gasteiger partial charge in [-0.05, 0) is 19.4 Å². The first-order valence-electron chi connectivity index (χ1n) is 14.2. The Hall–Kier alpha value is -1.05. The first kappa shape index (κ1) is 29.0. The van der Waals surface area contributed by atoms with Crippen LogP contribution in [0.5, 0.6) is 0 Å². The van der Waals surface area contributed by atoms with Gasteiger partial charge in [0.05, 0.1) is 0 Å².